The number of fused-ring (bicyclic) bond motifs is 5. The van der Waals surface area contributed by atoms with Gasteiger partial charge in [0.2, 0.25) is 5.91 Å². The van der Waals surface area contributed by atoms with Gasteiger partial charge in [0.1, 0.15) is 0 Å². The minimum atomic E-state index is 0.282. The van der Waals surface area contributed by atoms with E-state index in [2.05, 4.69) is 22.4 Å². The average Bonchev–Trinajstić information content (AvgIpc) is 3.10. The van der Waals surface area contributed by atoms with E-state index in [1.54, 1.807) is 0 Å². The Kier molecular flexibility index (Phi) is 2.51. The van der Waals surface area contributed by atoms with Crippen molar-refractivity contribution in [1.29, 1.82) is 0 Å². The summed E-state index contributed by atoms with van der Waals surface area (Å²) in [6, 6.07) is 1.13. The lowest BCUT2D eigenvalue weighted by molar-refractivity contribution is -0.137. The molecule has 0 spiro atoms. The summed E-state index contributed by atoms with van der Waals surface area (Å²) in [6.07, 6.45) is 10.1. The predicted molar refractivity (Wildman–Crippen MR) is 70.0 cm³/mol. The van der Waals surface area contributed by atoms with Crippen LogP contribution >= 0.6 is 0 Å². The van der Waals surface area contributed by atoms with E-state index in [4.69, 9.17) is 0 Å². The van der Waals surface area contributed by atoms with Gasteiger partial charge in [0.15, 0.2) is 0 Å². The fourth-order valence-corrected chi connectivity index (χ4v) is 4.82. The molecule has 1 amide bonds. The van der Waals surface area contributed by atoms with Crippen molar-refractivity contribution in [1.82, 2.24) is 10.2 Å². The minimum absolute atomic E-state index is 0.282. The lowest BCUT2D eigenvalue weighted by Crippen LogP contribution is -2.42. The molecule has 4 rings (SSSR count). The molecule has 5 atom stereocenters. The van der Waals surface area contributed by atoms with E-state index in [9.17, 15) is 4.79 Å². The molecular formula is C15H22N2O. The van der Waals surface area contributed by atoms with Crippen molar-refractivity contribution >= 4 is 5.91 Å². The number of hydrogen-bond acceptors (Lipinski definition) is 2. The van der Waals surface area contributed by atoms with Gasteiger partial charge in [0.25, 0.3) is 0 Å². The van der Waals surface area contributed by atoms with Crippen LogP contribution in [0.4, 0.5) is 0 Å². The first-order chi connectivity index (χ1) is 8.86. The Bertz CT molecular complexity index is 374. The van der Waals surface area contributed by atoms with Crippen LogP contribution in [0.1, 0.15) is 32.1 Å². The smallest absolute Gasteiger partial charge is 0.226 e. The van der Waals surface area contributed by atoms with Gasteiger partial charge in [-0.25, -0.2) is 0 Å². The van der Waals surface area contributed by atoms with Crippen molar-refractivity contribution in [3.8, 4) is 0 Å². The van der Waals surface area contributed by atoms with Gasteiger partial charge in [0.05, 0.1) is 0 Å². The van der Waals surface area contributed by atoms with Gasteiger partial charge in [0, 0.05) is 31.1 Å². The van der Waals surface area contributed by atoms with Gasteiger partial charge in [-0.2, -0.15) is 0 Å². The fraction of sp³-hybridized carbons (Fsp3) is 0.800. The average molecular weight is 246 g/mol. The predicted octanol–water partition coefficient (Wildman–Crippen LogP) is 1.55. The van der Waals surface area contributed by atoms with Crippen molar-refractivity contribution in [2.45, 2.75) is 44.2 Å². The molecule has 3 nitrogen and oxygen atoms in total. The van der Waals surface area contributed by atoms with Crippen LogP contribution in [0.3, 0.4) is 0 Å². The monoisotopic (exact) mass is 246 g/mol. The molecule has 0 aromatic heterocycles. The van der Waals surface area contributed by atoms with Gasteiger partial charge >= 0.3 is 0 Å². The second-order valence-corrected chi connectivity index (χ2v) is 6.42. The second-order valence-electron chi connectivity index (χ2n) is 6.42. The Hall–Kier alpha value is -0.830. The highest BCUT2D eigenvalue weighted by atomic mass is 16.2. The quantitative estimate of drug-likeness (QED) is 0.712. The van der Waals surface area contributed by atoms with Crippen LogP contribution in [0.25, 0.3) is 0 Å². The summed E-state index contributed by atoms with van der Waals surface area (Å²) in [5.41, 5.74) is 0. The Morgan fingerprint density at radius 1 is 1.06 bits per heavy atom. The second kappa shape index (κ2) is 4.09. The zero-order valence-corrected chi connectivity index (χ0v) is 10.8. The molecule has 3 heteroatoms. The Morgan fingerprint density at radius 2 is 1.78 bits per heavy atom. The minimum Gasteiger partial charge on any atom is -0.336 e. The molecule has 3 heterocycles. The van der Waals surface area contributed by atoms with E-state index in [1.807, 2.05) is 0 Å². The van der Waals surface area contributed by atoms with Crippen molar-refractivity contribution in [2.75, 3.05) is 13.1 Å². The number of hydrogen-bond donors (Lipinski definition) is 1. The molecule has 3 aliphatic heterocycles. The van der Waals surface area contributed by atoms with E-state index in [-0.39, 0.29) is 5.92 Å². The first-order valence-corrected chi connectivity index (χ1v) is 7.54. The molecule has 98 valence electrons. The maximum absolute atomic E-state index is 12.8. The first-order valence-electron chi connectivity index (χ1n) is 7.54. The summed E-state index contributed by atoms with van der Waals surface area (Å²) >= 11 is 0. The number of carbonyl (C=O) groups is 1. The fourth-order valence-electron chi connectivity index (χ4n) is 4.82. The van der Waals surface area contributed by atoms with Crippen LogP contribution in [0.2, 0.25) is 0 Å². The summed E-state index contributed by atoms with van der Waals surface area (Å²) < 4.78 is 0. The number of nitrogens with one attached hydrogen (secondary N) is 1. The summed E-state index contributed by atoms with van der Waals surface area (Å²) in [6.45, 7) is 2.28. The van der Waals surface area contributed by atoms with E-state index in [0.717, 1.165) is 44.2 Å². The molecule has 18 heavy (non-hydrogen) atoms. The van der Waals surface area contributed by atoms with Crippen molar-refractivity contribution in [2.24, 2.45) is 17.8 Å². The first kappa shape index (κ1) is 11.0. The highest BCUT2D eigenvalue weighted by Gasteiger charge is 2.56. The third-order valence-electron chi connectivity index (χ3n) is 5.64. The van der Waals surface area contributed by atoms with Crippen LogP contribution in [0.5, 0.6) is 0 Å². The molecule has 0 unspecified atom stereocenters. The lowest BCUT2D eigenvalue weighted by Gasteiger charge is -2.29. The zero-order valence-electron chi connectivity index (χ0n) is 10.8. The molecule has 4 aliphatic rings. The Labute approximate surface area is 109 Å². The van der Waals surface area contributed by atoms with Gasteiger partial charge in [-0.15, -0.1) is 0 Å². The molecule has 1 aliphatic carbocycles. The highest BCUT2D eigenvalue weighted by molar-refractivity contribution is 5.80. The van der Waals surface area contributed by atoms with Gasteiger partial charge in [-0.1, -0.05) is 12.2 Å². The zero-order chi connectivity index (χ0) is 12.1. The van der Waals surface area contributed by atoms with Gasteiger partial charge < -0.3 is 10.2 Å². The molecule has 3 saturated heterocycles. The summed E-state index contributed by atoms with van der Waals surface area (Å²) in [7, 11) is 0. The standard InChI is InChI=1S/C15H22N2O/c18-15(10-4-2-1-3-5-10)17-13-6-7-14(17)12-9-16-8-11(12)13/h1-2,10-14,16H,3-9H2/t10-,11-,12+,13-,14+/m1/s1. The molecule has 0 aromatic rings. The number of rotatable bonds is 1. The van der Waals surface area contributed by atoms with Crippen LogP contribution in [0.15, 0.2) is 12.2 Å². The number of nitrogens with zero attached hydrogens (tertiary/aromatic N) is 1. The lowest BCUT2D eigenvalue weighted by atomic mass is 9.82. The summed E-state index contributed by atoms with van der Waals surface area (Å²) in [5, 5.41) is 3.51. The third kappa shape index (κ3) is 1.43. The largest absolute Gasteiger partial charge is 0.336 e. The molecule has 0 radical (unpaired) electrons. The molecule has 2 bridgehead atoms. The van der Waals surface area contributed by atoms with Crippen LogP contribution < -0.4 is 5.32 Å². The maximum atomic E-state index is 12.8. The number of carbonyl (C=O) groups excluding carboxylic acids is 1. The molecule has 3 fully saturated rings. The Morgan fingerprint density at radius 3 is 2.39 bits per heavy atom. The molecule has 1 N–H and O–H groups in total. The van der Waals surface area contributed by atoms with Crippen molar-refractivity contribution in [3.63, 3.8) is 0 Å². The third-order valence-corrected chi connectivity index (χ3v) is 5.64. The normalized spacial score (nSPS) is 45.6. The van der Waals surface area contributed by atoms with E-state index >= 15 is 0 Å². The SMILES string of the molecule is O=C([C@@H]1CC=CCC1)N1[C@@H]2CC[C@H]1[C@H]1CNC[C@H]12. The van der Waals surface area contributed by atoms with Crippen molar-refractivity contribution in [3.05, 3.63) is 12.2 Å². The molecule has 0 saturated carbocycles. The van der Waals surface area contributed by atoms with Gasteiger partial charge in [-0.05, 0) is 43.9 Å². The summed E-state index contributed by atoms with van der Waals surface area (Å²) in [5.74, 6) is 2.27. The summed E-state index contributed by atoms with van der Waals surface area (Å²) in [4.78, 5) is 15.1. The van der Waals surface area contributed by atoms with Crippen LogP contribution in [0, 0.1) is 17.8 Å². The highest BCUT2D eigenvalue weighted by Crippen LogP contribution is 2.48. The van der Waals surface area contributed by atoms with E-state index in [0.29, 0.717) is 18.0 Å². The molecular weight excluding hydrogens is 224 g/mol. The van der Waals surface area contributed by atoms with E-state index < -0.39 is 0 Å². The molecule has 0 aromatic carbocycles. The van der Waals surface area contributed by atoms with Crippen LogP contribution in [-0.4, -0.2) is 36.0 Å². The topological polar surface area (TPSA) is 32.3 Å². The number of allylic oxidation sites excluding steroid dienone is 2. The van der Waals surface area contributed by atoms with Crippen molar-refractivity contribution < 1.29 is 4.79 Å². The Balaban J connectivity index is 1.55. The van der Waals surface area contributed by atoms with Gasteiger partial charge in [-0.3, -0.25) is 4.79 Å². The number of amides is 1. The van der Waals surface area contributed by atoms with E-state index in [1.165, 1.54) is 12.8 Å². The van der Waals surface area contributed by atoms with Crippen LogP contribution in [-0.2, 0) is 4.79 Å². The maximum Gasteiger partial charge on any atom is 0.226 e.